The van der Waals surface area contributed by atoms with Crippen molar-refractivity contribution in [3.05, 3.63) is 117 Å². The van der Waals surface area contributed by atoms with E-state index in [0.717, 1.165) is 15.6 Å². The van der Waals surface area contributed by atoms with Crippen molar-refractivity contribution in [3.8, 4) is 5.75 Å². The number of rotatable bonds is 9. The molecule has 0 aliphatic carbocycles. The zero-order valence-corrected chi connectivity index (χ0v) is 24.3. The van der Waals surface area contributed by atoms with Crippen LogP contribution in [0.4, 0.5) is 5.69 Å². The predicted molar refractivity (Wildman–Crippen MR) is 164 cm³/mol. The van der Waals surface area contributed by atoms with Gasteiger partial charge in [-0.3, -0.25) is 19.5 Å². The number of carbonyl (C=O) groups excluding carboxylic acids is 2. The Labute approximate surface area is 249 Å². The second kappa shape index (κ2) is 13.2. The molecule has 9 nitrogen and oxygen atoms in total. The van der Waals surface area contributed by atoms with Crippen molar-refractivity contribution < 1.29 is 18.7 Å². The van der Waals surface area contributed by atoms with Crippen LogP contribution in [0, 0.1) is 6.92 Å². The standard InChI is InChI=1S/C30H24BrN5O4S/c1-20-6-9-24(10-7-20)34-28(37)19-40-26-11-8-23(31)14-22(26)15-27-29(38)36(18-25-5-3-13-39-25)30(41-27)35-33-17-21-4-2-12-32-16-21/h2-17H,18-19H2,1H3,(H,34,37)/b27-15-,33-17+,35-30-. The molecule has 1 N–H and O–H groups in total. The number of nitrogens with zero attached hydrogens (tertiary/aromatic N) is 4. The molecule has 1 aliphatic heterocycles. The van der Waals surface area contributed by atoms with E-state index in [2.05, 4.69) is 36.4 Å². The number of amidine groups is 1. The Morgan fingerprint density at radius 2 is 2.02 bits per heavy atom. The third-order valence-electron chi connectivity index (χ3n) is 5.77. The van der Waals surface area contributed by atoms with Crippen molar-refractivity contribution in [3.63, 3.8) is 0 Å². The fraction of sp³-hybridized carbons (Fsp3) is 0.100. The monoisotopic (exact) mass is 629 g/mol. The second-order valence-electron chi connectivity index (χ2n) is 8.88. The van der Waals surface area contributed by atoms with Crippen LogP contribution in [0.2, 0.25) is 0 Å². The minimum absolute atomic E-state index is 0.193. The molecule has 11 heteroatoms. The summed E-state index contributed by atoms with van der Waals surface area (Å²) in [5.41, 5.74) is 3.19. The van der Waals surface area contributed by atoms with Crippen LogP contribution in [0.5, 0.6) is 5.75 Å². The summed E-state index contributed by atoms with van der Waals surface area (Å²) in [5, 5.41) is 11.7. The first-order chi connectivity index (χ1) is 19.9. The van der Waals surface area contributed by atoms with Gasteiger partial charge in [0.25, 0.3) is 11.8 Å². The molecule has 0 bridgehead atoms. The summed E-state index contributed by atoms with van der Waals surface area (Å²) in [6, 6.07) is 20.1. The highest BCUT2D eigenvalue weighted by molar-refractivity contribution is 9.10. The molecular formula is C30H24BrN5O4S. The van der Waals surface area contributed by atoms with Gasteiger partial charge in [-0.2, -0.15) is 5.10 Å². The van der Waals surface area contributed by atoms with Crippen molar-refractivity contribution >= 4 is 62.7 Å². The van der Waals surface area contributed by atoms with Crippen LogP contribution >= 0.6 is 27.7 Å². The number of aryl methyl sites for hydroxylation is 1. The number of pyridine rings is 1. The van der Waals surface area contributed by atoms with Crippen molar-refractivity contribution in [2.45, 2.75) is 13.5 Å². The van der Waals surface area contributed by atoms with Crippen molar-refractivity contribution in [1.82, 2.24) is 9.88 Å². The average molecular weight is 631 g/mol. The Bertz CT molecular complexity index is 1620. The van der Waals surface area contributed by atoms with Crippen LogP contribution in [0.25, 0.3) is 6.08 Å². The van der Waals surface area contributed by atoms with E-state index in [1.165, 1.54) is 16.7 Å². The number of halogens is 1. The first-order valence-corrected chi connectivity index (χ1v) is 14.1. The van der Waals surface area contributed by atoms with E-state index in [4.69, 9.17) is 9.15 Å². The fourth-order valence-corrected chi connectivity index (χ4v) is 5.06. The van der Waals surface area contributed by atoms with Crippen LogP contribution in [-0.4, -0.2) is 39.7 Å². The van der Waals surface area contributed by atoms with Gasteiger partial charge in [0, 0.05) is 33.7 Å². The van der Waals surface area contributed by atoms with E-state index in [-0.39, 0.29) is 25.0 Å². The molecule has 0 saturated carbocycles. The molecule has 1 saturated heterocycles. The smallest absolute Gasteiger partial charge is 0.267 e. The zero-order chi connectivity index (χ0) is 28.6. The summed E-state index contributed by atoms with van der Waals surface area (Å²) in [6.07, 6.45) is 8.18. The Morgan fingerprint density at radius 1 is 1.17 bits per heavy atom. The van der Waals surface area contributed by atoms with E-state index in [9.17, 15) is 9.59 Å². The van der Waals surface area contributed by atoms with Gasteiger partial charge in [0.2, 0.25) is 0 Å². The first-order valence-electron chi connectivity index (χ1n) is 12.5. The van der Waals surface area contributed by atoms with Gasteiger partial charge in [-0.1, -0.05) is 39.7 Å². The molecule has 0 spiro atoms. The number of nitrogens with one attached hydrogen (secondary N) is 1. The predicted octanol–water partition coefficient (Wildman–Crippen LogP) is 6.27. The average Bonchev–Trinajstić information content (AvgIpc) is 3.59. The highest BCUT2D eigenvalue weighted by Gasteiger charge is 2.34. The van der Waals surface area contributed by atoms with Crippen LogP contribution < -0.4 is 10.1 Å². The maximum Gasteiger partial charge on any atom is 0.267 e. The van der Waals surface area contributed by atoms with E-state index in [1.807, 2.05) is 49.4 Å². The number of benzene rings is 2. The van der Waals surface area contributed by atoms with Gasteiger partial charge in [0.15, 0.2) is 11.8 Å². The fourth-order valence-electron chi connectivity index (χ4n) is 3.76. The van der Waals surface area contributed by atoms with Gasteiger partial charge in [-0.05, 0) is 73.3 Å². The summed E-state index contributed by atoms with van der Waals surface area (Å²) in [6.45, 7) is 1.97. The zero-order valence-electron chi connectivity index (χ0n) is 21.9. The molecule has 0 radical (unpaired) electrons. The van der Waals surface area contributed by atoms with Gasteiger partial charge >= 0.3 is 0 Å². The SMILES string of the molecule is Cc1ccc(NC(=O)COc2ccc(Br)cc2/C=C2\S/C(=N\N=C\c3cccnc3)N(Cc3ccco3)C2=O)cc1. The highest BCUT2D eigenvalue weighted by Crippen LogP contribution is 2.36. The molecule has 2 amide bonds. The Hall–Kier alpha value is -4.48. The number of thioether (sulfide) groups is 1. The summed E-state index contributed by atoms with van der Waals surface area (Å²) in [7, 11) is 0. The molecule has 0 atom stereocenters. The van der Waals surface area contributed by atoms with Gasteiger partial charge in [-0.15, -0.1) is 5.10 Å². The molecule has 2 aromatic carbocycles. The van der Waals surface area contributed by atoms with E-state index >= 15 is 0 Å². The second-order valence-corrected chi connectivity index (χ2v) is 10.8. The molecule has 41 heavy (non-hydrogen) atoms. The molecule has 3 heterocycles. The van der Waals surface area contributed by atoms with E-state index in [1.54, 1.807) is 55.2 Å². The molecular weight excluding hydrogens is 606 g/mol. The Kier molecular flexibility index (Phi) is 9.07. The van der Waals surface area contributed by atoms with Crippen molar-refractivity contribution in [2.75, 3.05) is 11.9 Å². The van der Waals surface area contributed by atoms with Crippen LogP contribution in [0.15, 0.2) is 109 Å². The van der Waals surface area contributed by atoms with Crippen LogP contribution in [0.3, 0.4) is 0 Å². The lowest BCUT2D eigenvalue weighted by atomic mass is 10.2. The number of hydrogen-bond donors (Lipinski definition) is 1. The molecule has 5 rings (SSSR count). The maximum absolute atomic E-state index is 13.5. The van der Waals surface area contributed by atoms with Crippen molar-refractivity contribution in [1.29, 1.82) is 0 Å². The Balaban J connectivity index is 1.36. The molecule has 1 fully saturated rings. The number of anilines is 1. The summed E-state index contributed by atoms with van der Waals surface area (Å²) in [5.74, 6) is 0.498. The highest BCUT2D eigenvalue weighted by atomic mass is 79.9. The first kappa shape index (κ1) is 28.1. The summed E-state index contributed by atoms with van der Waals surface area (Å²) < 4.78 is 12.1. The van der Waals surface area contributed by atoms with Crippen molar-refractivity contribution in [2.24, 2.45) is 10.2 Å². The summed E-state index contributed by atoms with van der Waals surface area (Å²) in [4.78, 5) is 32.0. The number of ether oxygens (including phenoxy) is 1. The molecule has 4 aromatic rings. The number of aromatic nitrogens is 1. The third kappa shape index (κ3) is 7.59. The Morgan fingerprint density at radius 3 is 2.78 bits per heavy atom. The van der Waals surface area contributed by atoms with E-state index < -0.39 is 0 Å². The molecule has 2 aromatic heterocycles. The lowest BCUT2D eigenvalue weighted by Crippen LogP contribution is -2.28. The number of furan rings is 1. The minimum Gasteiger partial charge on any atom is -0.483 e. The quantitative estimate of drug-likeness (QED) is 0.133. The van der Waals surface area contributed by atoms with Crippen LogP contribution in [-0.2, 0) is 16.1 Å². The normalized spacial score (nSPS) is 15.3. The lowest BCUT2D eigenvalue weighted by molar-refractivity contribution is -0.122. The topological polar surface area (TPSA) is 109 Å². The van der Waals surface area contributed by atoms with Crippen LogP contribution in [0.1, 0.15) is 22.5 Å². The molecule has 1 aliphatic rings. The number of carbonyl (C=O) groups is 2. The van der Waals surface area contributed by atoms with Gasteiger partial charge in [0.1, 0.15) is 11.5 Å². The molecule has 0 unspecified atom stereocenters. The van der Waals surface area contributed by atoms with Gasteiger partial charge in [-0.25, -0.2) is 0 Å². The maximum atomic E-state index is 13.5. The summed E-state index contributed by atoms with van der Waals surface area (Å²) >= 11 is 4.67. The van der Waals surface area contributed by atoms with Gasteiger partial charge < -0.3 is 14.5 Å². The largest absolute Gasteiger partial charge is 0.483 e. The van der Waals surface area contributed by atoms with Gasteiger partial charge in [0.05, 0.1) is 23.9 Å². The molecule has 206 valence electrons. The minimum atomic E-state index is -0.299. The lowest BCUT2D eigenvalue weighted by Gasteiger charge is -2.13. The number of hydrogen-bond acceptors (Lipinski definition) is 8. The third-order valence-corrected chi connectivity index (χ3v) is 7.26. The van der Waals surface area contributed by atoms with E-state index in [0.29, 0.717) is 32.8 Å². The number of amides is 2.